The van der Waals surface area contributed by atoms with Crippen molar-refractivity contribution in [1.29, 1.82) is 0 Å². The molecule has 7 unspecified atom stereocenters. The number of benzene rings is 1. The summed E-state index contributed by atoms with van der Waals surface area (Å²) in [6.45, 7) is 1.40. The van der Waals surface area contributed by atoms with Gasteiger partial charge in [-0.25, -0.2) is 4.79 Å². The standard InChI is InChI=1S/C22H19BrN2O5S2/c1-7(21(28)29)25-19(26)14-10-6-11(15(14)20(25)27)16-13(10)12(8-2-4-9(23)5-3-8)17-18(31-16)24-22(30)32-17/h2-5,7,10-16H,6H2,1H3,(H,24,30)(H,28,29)/t7?,10?,11?,12-,13?,14?,15?,16?/m1/s1. The number of carbonyl (C=O) groups is 3. The Kier molecular flexibility index (Phi) is 4.55. The molecule has 6 rings (SSSR count). The molecule has 7 nitrogen and oxygen atoms in total. The third-order valence-corrected chi connectivity index (χ3v) is 10.8. The van der Waals surface area contributed by atoms with Crippen LogP contribution in [0.1, 0.15) is 29.7 Å². The highest BCUT2D eigenvalue weighted by Gasteiger charge is 2.70. The van der Waals surface area contributed by atoms with E-state index in [9.17, 15) is 24.3 Å². The maximum Gasteiger partial charge on any atom is 0.326 e. The molecule has 1 saturated heterocycles. The van der Waals surface area contributed by atoms with Crippen LogP contribution in [0.25, 0.3) is 0 Å². The van der Waals surface area contributed by atoms with Crippen LogP contribution in [0.5, 0.6) is 0 Å². The molecule has 1 aromatic heterocycles. The topological polar surface area (TPSA) is 108 Å². The van der Waals surface area contributed by atoms with Gasteiger partial charge in [0.25, 0.3) is 0 Å². The Morgan fingerprint density at radius 1 is 1.16 bits per heavy atom. The van der Waals surface area contributed by atoms with Gasteiger partial charge in [-0.05, 0) is 48.8 Å². The minimum atomic E-state index is -1.17. The first-order valence-corrected chi connectivity index (χ1v) is 13.0. The molecule has 4 aliphatic rings. The number of amides is 2. The molecule has 2 N–H and O–H groups in total. The Morgan fingerprint density at radius 2 is 1.81 bits per heavy atom. The van der Waals surface area contributed by atoms with Crippen molar-refractivity contribution in [1.82, 2.24) is 9.88 Å². The van der Waals surface area contributed by atoms with Crippen molar-refractivity contribution in [3.05, 3.63) is 48.8 Å². The first kappa shape index (κ1) is 20.7. The number of carboxylic acid groups (broad SMARTS) is 1. The number of nitrogens with one attached hydrogen (secondary N) is 1. The molecule has 0 spiro atoms. The third kappa shape index (κ3) is 2.66. The average Bonchev–Trinajstić information content (AvgIpc) is 3.47. The maximum atomic E-state index is 13.3. The first-order valence-electron chi connectivity index (χ1n) is 10.5. The summed E-state index contributed by atoms with van der Waals surface area (Å²) in [5.41, 5.74) is 1.09. The van der Waals surface area contributed by atoms with Crippen molar-refractivity contribution in [2.24, 2.45) is 29.6 Å². The van der Waals surface area contributed by atoms with Gasteiger partial charge in [-0.2, -0.15) is 0 Å². The van der Waals surface area contributed by atoms with Crippen LogP contribution in [0.4, 0.5) is 0 Å². The van der Waals surface area contributed by atoms with E-state index in [4.69, 9.17) is 0 Å². The summed E-state index contributed by atoms with van der Waals surface area (Å²) in [6.07, 6.45) is 0.788. The number of likely N-dealkylation sites (tertiary alicyclic amines) is 1. The maximum absolute atomic E-state index is 13.3. The molecular formula is C22H19BrN2O5S2. The van der Waals surface area contributed by atoms with Crippen LogP contribution in [0.2, 0.25) is 0 Å². The zero-order valence-corrected chi connectivity index (χ0v) is 20.1. The van der Waals surface area contributed by atoms with E-state index in [1.54, 1.807) is 11.8 Å². The Balaban J connectivity index is 1.45. The molecule has 166 valence electrons. The molecule has 2 bridgehead atoms. The number of aromatic nitrogens is 1. The van der Waals surface area contributed by atoms with E-state index >= 15 is 0 Å². The first-order chi connectivity index (χ1) is 15.3. The number of imide groups is 1. The van der Waals surface area contributed by atoms with Gasteiger partial charge in [-0.15, -0.1) is 11.8 Å². The van der Waals surface area contributed by atoms with Crippen LogP contribution < -0.4 is 4.87 Å². The third-order valence-electron chi connectivity index (χ3n) is 7.73. The van der Waals surface area contributed by atoms with Crippen LogP contribution in [-0.2, 0) is 14.4 Å². The molecule has 0 radical (unpaired) electrons. The summed E-state index contributed by atoms with van der Waals surface area (Å²) in [6, 6.07) is 6.92. The van der Waals surface area contributed by atoms with Gasteiger partial charge in [0.05, 0.1) is 16.9 Å². The number of carbonyl (C=O) groups excluding carboxylic acids is 2. The van der Waals surface area contributed by atoms with Gasteiger partial charge in [-0.3, -0.25) is 19.3 Å². The largest absolute Gasteiger partial charge is 0.480 e. The smallest absolute Gasteiger partial charge is 0.326 e. The number of aromatic amines is 1. The number of halogens is 1. The summed E-state index contributed by atoms with van der Waals surface area (Å²) >= 11 is 6.34. The number of hydrogen-bond donors (Lipinski definition) is 2. The number of carboxylic acids is 1. The van der Waals surface area contributed by atoms with Crippen molar-refractivity contribution in [3.8, 4) is 0 Å². The molecule has 2 amide bonds. The lowest BCUT2D eigenvalue weighted by Crippen LogP contribution is -2.44. The fraction of sp³-hybridized carbons (Fsp3) is 0.455. The summed E-state index contributed by atoms with van der Waals surface area (Å²) in [7, 11) is 0. The average molecular weight is 535 g/mol. The number of H-pyrrole nitrogens is 1. The van der Waals surface area contributed by atoms with Crippen LogP contribution in [-0.4, -0.2) is 44.1 Å². The van der Waals surface area contributed by atoms with Gasteiger partial charge in [0.2, 0.25) is 11.8 Å². The minimum Gasteiger partial charge on any atom is -0.480 e. The SMILES string of the molecule is CC(C(=O)O)N1C(=O)C2C3CC(C2C1=O)C1C3Sc2[nH]c(=O)sc2[C@@H]1c1ccc(Br)cc1. The zero-order chi connectivity index (χ0) is 22.5. The zero-order valence-electron chi connectivity index (χ0n) is 16.9. The highest BCUT2D eigenvalue weighted by Crippen LogP contribution is 2.68. The van der Waals surface area contributed by atoms with Crippen LogP contribution in [0, 0.1) is 29.6 Å². The van der Waals surface area contributed by atoms with Crippen molar-refractivity contribution in [2.45, 2.75) is 35.6 Å². The van der Waals surface area contributed by atoms with Gasteiger partial charge in [0.15, 0.2) is 0 Å². The van der Waals surface area contributed by atoms with Crippen LogP contribution >= 0.6 is 39.0 Å². The molecule has 10 heteroatoms. The number of thiazole rings is 1. The number of rotatable bonds is 3. The lowest BCUT2D eigenvalue weighted by molar-refractivity contribution is -0.154. The molecule has 2 aromatic rings. The number of aliphatic carboxylic acids is 1. The molecule has 2 saturated carbocycles. The van der Waals surface area contributed by atoms with Crippen LogP contribution in [0.3, 0.4) is 0 Å². The van der Waals surface area contributed by atoms with E-state index in [0.29, 0.717) is 0 Å². The van der Waals surface area contributed by atoms with Gasteiger partial charge in [-0.1, -0.05) is 39.4 Å². The fourth-order valence-electron chi connectivity index (χ4n) is 6.58. The second kappa shape index (κ2) is 7.04. The monoisotopic (exact) mass is 534 g/mol. The van der Waals surface area contributed by atoms with Crippen molar-refractivity contribution >= 4 is 56.8 Å². The molecule has 3 heterocycles. The molecule has 1 aromatic carbocycles. The number of thioether (sulfide) groups is 1. The molecule has 2 aliphatic heterocycles. The van der Waals surface area contributed by atoms with E-state index in [2.05, 4.69) is 33.0 Å². The second-order valence-electron chi connectivity index (χ2n) is 9.07. The van der Waals surface area contributed by atoms with Crippen LogP contribution in [0.15, 0.2) is 38.6 Å². The Morgan fingerprint density at radius 3 is 2.47 bits per heavy atom. The lowest BCUT2D eigenvalue weighted by Gasteiger charge is -2.43. The predicted octanol–water partition coefficient (Wildman–Crippen LogP) is 3.15. The van der Waals surface area contributed by atoms with Gasteiger partial charge in [0.1, 0.15) is 6.04 Å². The highest BCUT2D eigenvalue weighted by molar-refractivity contribution is 9.10. The molecule has 2 aliphatic carbocycles. The molecule has 3 fully saturated rings. The van der Waals surface area contributed by atoms with Gasteiger partial charge < -0.3 is 10.1 Å². The summed E-state index contributed by atoms with van der Waals surface area (Å²) < 4.78 is 0.966. The van der Waals surface area contributed by atoms with Gasteiger partial charge in [0, 0.05) is 20.5 Å². The second-order valence-corrected chi connectivity index (χ2v) is 12.2. The highest BCUT2D eigenvalue weighted by atomic mass is 79.9. The molecule has 32 heavy (non-hydrogen) atoms. The molecule has 8 atom stereocenters. The van der Waals surface area contributed by atoms with Crippen molar-refractivity contribution in [3.63, 3.8) is 0 Å². The lowest BCUT2D eigenvalue weighted by atomic mass is 9.68. The van der Waals surface area contributed by atoms with Crippen molar-refractivity contribution in [2.75, 3.05) is 0 Å². The summed E-state index contributed by atoms with van der Waals surface area (Å²) in [4.78, 5) is 55.2. The summed E-state index contributed by atoms with van der Waals surface area (Å²) in [5, 5.41) is 10.4. The Bertz CT molecular complexity index is 1220. The van der Waals surface area contributed by atoms with E-state index in [1.807, 2.05) is 12.1 Å². The minimum absolute atomic E-state index is 0.00283. The van der Waals surface area contributed by atoms with Gasteiger partial charge >= 0.3 is 10.8 Å². The quantitative estimate of drug-likeness (QED) is 0.585. The Labute approximate surface area is 199 Å². The van der Waals surface area contributed by atoms with E-state index in [0.717, 1.165) is 31.3 Å². The Hall–Kier alpha value is -1.91. The number of fused-ring (bicyclic) bond motifs is 9. The van der Waals surface area contributed by atoms with E-state index in [1.165, 1.54) is 18.3 Å². The normalized spacial score (nSPS) is 35.6. The van der Waals surface area contributed by atoms with E-state index in [-0.39, 0.29) is 45.6 Å². The number of hydrogen-bond acceptors (Lipinski definition) is 6. The predicted molar refractivity (Wildman–Crippen MR) is 122 cm³/mol. The summed E-state index contributed by atoms with van der Waals surface area (Å²) in [5.74, 6) is -2.70. The van der Waals surface area contributed by atoms with E-state index < -0.39 is 23.8 Å². The fourth-order valence-corrected chi connectivity index (χ4v) is 9.73. The molecular weight excluding hydrogens is 516 g/mol. The number of nitrogens with zero attached hydrogens (tertiary/aromatic N) is 1. The van der Waals surface area contributed by atoms with Crippen molar-refractivity contribution < 1.29 is 19.5 Å².